The Balaban J connectivity index is 1.58. The fraction of sp³-hybridized carbons (Fsp3) is 0.278. The highest BCUT2D eigenvalue weighted by atomic mass is 35.5. The summed E-state index contributed by atoms with van der Waals surface area (Å²) < 4.78 is 71.0. The number of nitrogens with zero attached hydrogens (tertiary/aromatic N) is 2. The molecule has 1 saturated heterocycles. The Hall–Kier alpha value is -2.30. The number of sulfonamides is 1. The molecular weight excluding hydrogens is 433 g/mol. The van der Waals surface area contributed by atoms with E-state index in [-0.39, 0.29) is 48.5 Å². The summed E-state index contributed by atoms with van der Waals surface area (Å²) in [5.41, 5.74) is 0. The third-order valence-electron chi connectivity index (χ3n) is 4.37. The number of ether oxygens (including phenoxy) is 1. The van der Waals surface area contributed by atoms with Crippen LogP contribution in [-0.4, -0.2) is 56.3 Å². The monoisotopic (exact) mass is 448 g/mol. The van der Waals surface area contributed by atoms with Crippen molar-refractivity contribution in [2.45, 2.75) is 4.90 Å². The highest BCUT2D eigenvalue weighted by molar-refractivity contribution is 7.89. The zero-order valence-electron chi connectivity index (χ0n) is 14.9. The number of benzene rings is 2. The Bertz CT molecular complexity index is 1030. The molecule has 0 saturated carbocycles. The lowest BCUT2D eigenvalue weighted by Gasteiger charge is -2.34. The van der Waals surface area contributed by atoms with Crippen molar-refractivity contribution >= 4 is 27.5 Å². The first kappa shape index (κ1) is 21.4. The third-order valence-corrected chi connectivity index (χ3v) is 6.56. The van der Waals surface area contributed by atoms with Gasteiger partial charge in [0.15, 0.2) is 18.2 Å². The Morgan fingerprint density at radius 1 is 1.00 bits per heavy atom. The Morgan fingerprint density at radius 3 is 2.31 bits per heavy atom. The standard InChI is InChI=1S/C18H16ClF3N2O4S/c19-14-9-12(20)1-4-17(14)28-11-18(25)23-5-7-24(8-6-23)29(26,27)13-2-3-15(21)16(22)10-13/h1-4,9-10H,5-8,11H2. The Morgan fingerprint density at radius 2 is 1.69 bits per heavy atom. The van der Waals surface area contributed by atoms with E-state index in [4.69, 9.17) is 16.3 Å². The van der Waals surface area contributed by atoms with Gasteiger partial charge in [-0.1, -0.05) is 11.6 Å². The van der Waals surface area contributed by atoms with Gasteiger partial charge in [-0.15, -0.1) is 0 Å². The van der Waals surface area contributed by atoms with Crippen molar-refractivity contribution in [3.05, 3.63) is 58.9 Å². The lowest BCUT2D eigenvalue weighted by atomic mass is 10.3. The van der Waals surface area contributed by atoms with Crippen LogP contribution in [-0.2, 0) is 14.8 Å². The Labute approximate surface area is 170 Å². The zero-order chi connectivity index (χ0) is 21.2. The van der Waals surface area contributed by atoms with Crippen LogP contribution < -0.4 is 4.74 Å². The SMILES string of the molecule is O=C(COc1ccc(F)cc1Cl)N1CCN(S(=O)(=O)c2ccc(F)c(F)c2)CC1. The van der Waals surface area contributed by atoms with Crippen LogP contribution >= 0.6 is 11.6 Å². The van der Waals surface area contributed by atoms with Gasteiger partial charge in [0.05, 0.1) is 9.92 Å². The number of carbonyl (C=O) groups is 1. The molecular formula is C18H16ClF3N2O4S. The van der Waals surface area contributed by atoms with E-state index in [1.54, 1.807) is 0 Å². The summed E-state index contributed by atoms with van der Waals surface area (Å²) in [6.07, 6.45) is 0. The van der Waals surface area contributed by atoms with Gasteiger partial charge in [0.25, 0.3) is 5.91 Å². The Kier molecular flexibility index (Phi) is 6.35. The molecule has 2 aromatic carbocycles. The smallest absolute Gasteiger partial charge is 0.260 e. The van der Waals surface area contributed by atoms with Gasteiger partial charge < -0.3 is 9.64 Å². The van der Waals surface area contributed by atoms with E-state index in [1.165, 1.54) is 11.0 Å². The van der Waals surface area contributed by atoms with Gasteiger partial charge in [0.1, 0.15) is 11.6 Å². The van der Waals surface area contributed by atoms with Gasteiger partial charge in [0, 0.05) is 26.2 Å². The quantitative estimate of drug-likeness (QED) is 0.705. The molecule has 0 bridgehead atoms. The number of hydrogen-bond acceptors (Lipinski definition) is 4. The molecule has 1 fully saturated rings. The summed E-state index contributed by atoms with van der Waals surface area (Å²) in [6, 6.07) is 5.88. The van der Waals surface area contributed by atoms with Crippen LogP contribution in [0.25, 0.3) is 0 Å². The van der Waals surface area contributed by atoms with Crippen LogP contribution in [0.2, 0.25) is 5.02 Å². The molecule has 0 aliphatic carbocycles. The summed E-state index contributed by atoms with van der Waals surface area (Å²) in [6.45, 7) is -0.166. The molecule has 0 N–H and O–H groups in total. The van der Waals surface area contributed by atoms with Crippen molar-refractivity contribution in [2.24, 2.45) is 0 Å². The molecule has 1 heterocycles. The highest BCUT2D eigenvalue weighted by Crippen LogP contribution is 2.25. The second-order valence-electron chi connectivity index (χ2n) is 6.22. The van der Waals surface area contributed by atoms with E-state index in [1.807, 2.05) is 0 Å². The minimum Gasteiger partial charge on any atom is -0.482 e. The van der Waals surface area contributed by atoms with Crippen LogP contribution in [0.4, 0.5) is 13.2 Å². The lowest BCUT2D eigenvalue weighted by Crippen LogP contribution is -2.51. The zero-order valence-corrected chi connectivity index (χ0v) is 16.5. The summed E-state index contributed by atoms with van der Waals surface area (Å²) >= 11 is 5.83. The minimum absolute atomic E-state index is 0.00955. The van der Waals surface area contributed by atoms with Gasteiger partial charge in [-0.25, -0.2) is 21.6 Å². The maximum absolute atomic E-state index is 13.4. The first-order valence-electron chi connectivity index (χ1n) is 8.49. The van der Waals surface area contributed by atoms with Gasteiger partial charge in [-0.3, -0.25) is 4.79 Å². The number of hydrogen-bond donors (Lipinski definition) is 0. The molecule has 3 rings (SSSR count). The molecule has 1 aliphatic heterocycles. The topological polar surface area (TPSA) is 66.9 Å². The normalized spacial score (nSPS) is 15.4. The van der Waals surface area contributed by atoms with Gasteiger partial charge in [0.2, 0.25) is 10.0 Å². The predicted molar refractivity (Wildman–Crippen MR) is 98.6 cm³/mol. The van der Waals surface area contributed by atoms with Gasteiger partial charge in [-0.05, 0) is 36.4 Å². The highest BCUT2D eigenvalue weighted by Gasteiger charge is 2.30. The first-order chi connectivity index (χ1) is 13.7. The van der Waals surface area contributed by atoms with E-state index in [0.717, 1.165) is 28.6 Å². The fourth-order valence-electron chi connectivity index (χ4n) is 2.79. The maximum atomic E-state index is 13.4. The summed E-state index contributed by atoms with van der Waals surface area (Å²) in [7, 11) is -4.01. The second kappa shape index (κ2) is 8.60. The van der Waals surface area contributed by atoms with Crippen molar-refractivity contribution in [3.63, 3.8) is 0 Å². The fourth-order valence-corrected chi connectivity index (χ4v) is 4.44. The molecule has 0 unspecified atom stereocenters. The van der Waals surface area contributed by atoms with Crippen LogP contribution in [0.15, 0.2) is 41.3 Å². The predicted octanol–water partition coefficient (Wildman–Crippen LogP) is 2.67. The third kappa shape index (κ3) is 4.82. The molecule has 1 aliphatic rings. The molecule has 2 aromatic rings. The van der Waals surface area contributed by atoms with E-state index in [9.17, 15) is 26.4 Å². The maximum Gasteiger partial charge on any atom is 0.260 e. The van der Waals surface area contributed by atoms with Crippen molar-refractivity contribution in [1.82, 2.24) is 9.21 Å². The molecule has 156 valence electrons. The average molecular weight is 449 g/mol. The molecule has 29 heavy (non-hydrogen) atoms. The van der Waals surface area contributed by atoms with E-state index < -0.39 is 33.4 Å². The molecule has 6 nitrogen and oxygen atoms in total. The molecule has 0 spiro atoms. The van der Waals surface area contributed by atoms with E-state index >= 15 is 0 Å². The van der Waals surface area contributed by atoms with Gasteiger partial charge >= 0.3 is 0 Å². The number of halogens is 4. The molecule has 0 atom stereocenters. The van der Waals surface area contributed by atoms with E-state index in [0.29, 0.717) is 6.07 Å². The van der Waals surface area contributed by atoms with Crippen LogP contribution in [0.3, 0.4) is 0 Å². The summed E-state index contributed by atoms with van der Waals surface area (Å²) in [4.78, 5) is 13.3. The van der Waals surface area contributed by atoms with Crippen molar-refractivity contribution in [2.75, 3.05) is 32.8 Å². The summed E-state index contributed by atoms with van der Waals surface area (Å²) in [5.74, 6) is -3.17. The number of amides is 1. The van der Waals surface area contributed by atoms with Crippen molar-refractivity contribution in [1.29, 1.82) is 0 Å². The van der Waals surface area contributed by atoms with Crippen LogP contribution in [0.5, 0.6) is 5.75 Å². The first-order valence-corrected chi connectivity index (χ1v) is 10.3. The average Bonchev–Trinajstić information content (AvgIpc) is 2.69. The number of carbonyl (C=O) groups excluding carboxylic acids is 1. The van der Waals surface area contributed by atoms with Crippen molar-refractivity contribution in [3.8, 4) is 5.75 Å². The lowest BCUT2D eigenvalue weighted by molar-refractivity contribution is -0.134. The number of piperazine rings is 1. The molecule has 1 amide bonds. The largest absolute Gasteiger partial charge is 0.482 e. The molecule has 0 aromatic heterocycles. The number of rotatable bonds is 5. The van der Waals surface area contributed by atoms with Crippen LogP contribution in [0.1, 0.15) is 0 Å². The minimum atomic E-state index is -4.01. The molecule has 0 radical (unpaired) electrons. The second-order valence-corrected chi connectivity index (χ2v) is 8.57. The van der Waals surface area contributed by atoms with Crippen LogP contribution in [0, 0.1) is 17.5 Å². The van der Waals surface area contributed by atoms with E-state index in [2.05, 4.69) is 0 Å². The molecule has 11 heteroatoms. The van der Waals surface area contributed by atoms with Gasteiger partial charge in [-0.2, -0.15) is 4.31 Å². The van der Waals surface area contributed by atoms with Crippen molar-refractivity contribution < 1.29 is 31.1 Å². The summed E-state index contributed by atoms with van der Waals surface area (Å²) in [5, 5.41) is 0.0280.